The van der Waals surface area contributed by atoms with Gasteiger partial charge in [0.2, 0.25) is 5.91 Å². The van der Waals surface area contributed by atoms with E-state index in [0.29, 0.717) is 6.04 Å². The van der Waals surface area contributed by atoms with E-state index in [9.17, 15) is 4.79 Å². The number of ether oxygens (including phenoxy) is 1. The average molecular weight is 354 g/mol. The number of nitrogens with zero attached hydrogens (tertiary/aromatic N) is 3. The zero-order valence-electron chi connectivity index (χ0n) is 16.8. The van der Waals surface area contributed by atoms with Gasteiger partial charge < -0.3 is 20.7 Å². The Kier molecular flexibility index (Phi) is 5.40. The first-order chi connectivity index (χ1) is 11.5. The molecule has 2 atom stereocenters. The van der Waals surface area contributed by atoms with Gasteiger partial charge in [-0.25, -0.2) is 0 Å². The number of rotatable bonds is 4. The number of methoxy groups -OCH3 is 1. The van der Waals surface area contributed by atoms with Crippen LogP contribution < -0.4 is 11.1 Å². The third-order valence-corrected chi connectivity index (χ3v) is 6.77. The highest BCUT2D eigenvalue weighted by atomic mass is 16.5. The second kappa shape index (κ2) is 6.76. The molecule has 0 bridgehead atoms. The van der Waals surface area contributed by atoms with Crippen LogP contribution in [0.15, 0.2) is 4.99 Å². The summed E-state index contributed by atoms with van der Waals surface area (Å²) in [7, 11) is 3.61. The van der Waals surface area contributed by atoms with Crippen molar-refractivity contribution < 1.29 is 9.53 Å². The van der Waals surface area contributed by atoms with Gasteiger partial charge in [-0.3, -0.25) is 14.7 Å². The van der Waals surface area contributed by atoms with Crippen LogP contribution in [0.4, 0.5) is 0 Å². The number of carbonyl (C=O) groups is 1. The van der Waals surface area contributed by atoms with Gasteiger partial charge >= 0.3 is 0 Å². The predicted octanol–water partition coefficient (Wildman–Crippen LogP) is 0.647. The highest BCUT2D eigenvalue weighted by molar-refractivity contribution is 5.84. The van der Waals surface area contributed by atoms with Crippen LogP contribution in [0.1, 0.15) is 41.0 Å². The molecule has 7 heteroatoms. The molecule has 1 amide bonds. The van der Waals surface area contributed by atoms with Gasteiger partial charge in [-0.1, -0.05) is 13.8 Å². The van der Waals surface area contributed by atoms with Crippen LogP contribution in [-0.4, -0.2) is 79.2 Å². The van der Waals surface area contributed by atoms with Gasteiger partial charge in [0.05, 0.1) is 11.1 Å². The maximum atomic E-state index is 11.7. The van der Waals surface area contributed by atoms with Crippen LogP contribution in [0.5, 0.6) is 0 Å². The molecule has 0 spiro atoms. The van der Waals surface area contributed by atoms with Gasteiger partial charge in [0.15, 0.2) is 5.96 Å². The Balaban J connectivity index is 1.95. The van der Waals surface area contributed by atoms with Crippen molar-refractivity contribution in [2.24, 2.45) is 16.1 Å². The Hall–Kier alpha value is -1.34. The van der Waals surface area contributed by atoms with Gasteiger partial charge in [0.25, 0.3) is 0 Å². The lowest BCUT2D eigenvalue weighted by Gasteiger charge is -2.59. The summed E-state index contributed by atoms with van der Waals surface area (Å²) in [6.45, 7) is 13.6. The summed E-state index contributed by atoms with van der Waals surface area (Å²) in [5.41, 5.74) is 4.86. The molecule has 7 nitrogen and oxygen atoms in total. The van der Waals surface area contributed by atoms with E-state index in [1.54, 1.807) is 7.11 Å². The molecule has 1 saturated heterocycles. The number of guanidine groups is 1. The Morgan fingerprint density at radius 2 is 1.80 bits per heavy atom. The Morgan fingerprint density at radius 1 is 1.24 bits per heavy atom. The van der Waals surface area contributed by atoms with Crippen molar-refractivity contribution >= 4 is 11.9 Å². The SMILES string of the molecule is CN=C(NC1CC(C)(OC)C1(C)C)N1CCN(C(C)(C)C(N)=O)CC1. The fourth-order valence-corrected chi connectivity index (χ4v) is 3.81. The van der Waals surface area contributed by atoms with Crippen molar-refractivity contribution in [2.75, 3.05) is 40.3 Å². The highest BCUT2D eigenvalue weighted by Gasteiger charge is 2.58. The van der Waals surface area contributed by atoms with Gasteiger partial charge in [-0.05, 0) is 27.2 Å². The molecule has 0 aromatic heterocycles. The van der Waals surface area contributed by atoms with Crippen molar-refractivity contribution in [3.8, 4) is 0 Å². The number of carbonyl (C=O) groups excluding carboxylic acids is 1. The summed E-state index contributed by atoms with van der Waals surface area (Å²) < 4.78 is 5.71. The molecule has 0 radical (unpaired) electrons. The first-order valence-corrected chi connectivity index (χ1v) is 9.08. The smallest absolute Gasteiger partial charge is 0.237 e. The van der Waals surface area contributed by atoms with E-state index in [-0.39, 0.29) is 16.9 Å². The summed E-state index contributed by atoms with van der Waals surface area (Å²) in [6, 6.07) is 0.330. The molecule has 1 aliphatic heterocycles. The minimum absolute atomic E-state index is 0.0352. The number of amides is 1. The quantitative estimate of drug-likeness (QED) is 0.573. The van der Waals surface area contributed by atoms with E-state index in [0.717, 1.165) is 38.6 Å². The fourth-order valence-electron chi connectivity index (χ4n) is 3.81. The van der Waals surface area contributed by atoms with Crippen molar-refractivity contribution in [3.63, 3.8) is 0 Å². The highest BCUT2D eigenvalue weighted by Crippen LogP contribution is 2.51. The minimum atomic E-state index is -0.612. The normalized spacial score (nSPS) is 30.8. The van der Waals surface area contributed by atoms with Crippen LogP contribution in [0.2, 0.25) is 0 Å². The maximum Gasteiger partial charge on any atom is 0.237 e. The lowest BCUT2D eigenvalue weighted by Crippen LogP contribution is -2.70. The number of hydrogen-bond acceptors (Lipinski definition) is 4. The van der Waals surface area contributed by atoms with Gasteiger partial charge in [-0.2, -0.15) is 0 Å². The average Bonchev–Trinajstić information content (AvgIpc) is 2.58. The van der Waals surface area contributed by atoms with E-state index in [4.69, 9.17) is 10.5 Å². The Bertz CT molecular complexity index is 538. The van der Waals surface area contributed by atoms with Crippen LogP contribution in [0.3, 0.4) is 0 Å². The zero-order chi connectivity index (χ0) is 19.0. The van der Waals surface area contributed by atoms with Crippen LogP contribution in [0, 0.1) is 5.41 Å². The zero-order valence-corrected chi connectivity index (χ0v) is 16.8. The summed E-state index contributed by atoms with van der Waals surface area (Å²) in [5, 5.41) is 3.61. The molecule has 2 unspecified atom stereocenters. The van der Waals surface area contributed by atoms with E-state index < -0.39 is 5.54 Å². The second-order valence-corrected chi connectivity index (χ2v) is 8.50. The van der Waals surface area contributed by atoms with E-state index >= 15 is 0 Å². The lowest BCUT2D eigenvalue weighted by molar-refractivity contribution is -0.177. The number of hydrogen-bond donors (Lipinski definition) is 2. The van der Waals surface area contributed by atoms with Gasteiger partial charge in [0.1, 0.15) is 0 Å². The summed E-state index contributed by atoms with van der Waals surface area (Å²) in [5.74, 6) is 0.645. The summed E-state index contributed by atoms with van der Waals surface area (Å²) in [6.07, 6.45) is 0.962. The number of aliphatic imine (C=N–C) groups is 1. The number of nitrogens with one attached hydrogen (secondary N) is 1. The van der Waals surface area contributed by atoms with Crippen LogP contribution >= 0.6 is 0 Å². The first kappa shape index (κ1) is 20.0. The molecule has 1 heterocycles. The van der Waals surface area contributed by atoms with Gasteiger partial charge in [0, 0.05) is 51.8 Å². The van der Waals surface area contributed by atoms with Crippen molar-refractivity contribution in [1.29, 1.82) is 0 Å². The van der Waals surface area contributed by atoms with Crippen molar-refractivity contribution in [1.82, 2.24) is 15.1 Å². The summed E-state index contributed by atoms with van der Waals surface area (Å²) >= 11 is 0. The van der Waals surface area contributed by atoms with Crippen molar-refractivity contribution in [2.45, 2.75) is 58.2 Å². The first-order valence-electron chi connectivity index (χ1n) is 9.08. The number of nitrogens with two attached hydrogens (primary N) is 1. The van der Waals surface area contributed by atoms with Gasteiger partial charge in [-0.15, -0.1) is 0 Å². The molecule has 2 aliphatic rings. The van der Waals surface area contributed by atoms with E-state index in [1.807, 2.05) is 20.9 Å². The lowest BCUT2D eigenvalue weighted by atomic mass is 9.56. The predicted molar refractivity (Wildman–Crippen MR) is 101 cm³/mol. The molecule has 0 aromatic rings. The van der Waals surface area contributed by atoms with Crippen LogP contribution in [0.25, 0.3) is 0 Å². The third-order valence-electron chi connectivity index (χ3n) is 6.77. The molecule has 1 saturated carbocycles. The second-order valence-electron chi connectivity index (χ2n) is 8.50. The monoisotopic (exact) mass is 353 g/mol. The molecular weight excluding hydrogens is 318 g/mol. The molecule has 1 aliphatic carbocycles. The number of piperazine rings is 1. The molecule has 25 heavy (non-hydrogen) atoms. The fraction of sp³-hybridized carbons (Fsp3) is 0.889. The largest absolute Gasteiger partial charge is 0.378 e. The molecule has 2 rings (SSSR count). The van der Waals surface area contributed by atoms with E-state index in [2.05, 4.69) is 40.9 Å². The minimum Gasteiger partial charge on any atom is -0.378 e. The maximum absolute atomic E-state index is 11.7. The standard InChI is InChI=1S/C18H35N5O2/c1-16(2)13(12-18(16,5)25-7)21-15(20-6)22-8-10-23(11-9-22)17(3,4)14(19)24/h13H,8-12H2,1-7H3,(H2,19,24)(H,20,21). The molecule has 2 fully saturated rings. The topological polar surface area (TPSA) is 83.2 Å². The third kappa shape index (κ3) is 3.36. The molecule has 0 aromatic carbocycles. The van der Waals surface area contributed by atoms with Crippen LogP contribution in [-0.2, 0) is 9.53 Å². The Labute approximate surface area is 152 Å². The molecule has 144 valence electrons. The van der Waals surface area contributed by atoms with Crippen molar-refractivity contribution in [3.05, 3.63) is 0 Å². The molecule has 3 N–H and O–H groups in total. The summed E-state index contributed by atoms with van der Waals surface area (Å²) in [4.78, 5) is 20.5. The Morgan fingerprint density at radius 3 is 2.20 bits per heavy atom. The molecular formula is C18H35N5O2. The number of primary amides is 1. The van der Waals surface area contributed by atoms with E-state index in [1.165, 1.54) is 0 Å².